The molecule has 0 saturated heterocycles. The van der Waals surface area contributed by atoms with E-state index in [0.717, 1.165) is 16.5 Å². The molecule has 0 aliphatic heterocycles. The van der Waals surface area contributed by atoms with Crippen molar-refractivity contribution in [3.8, 4) is 0 Å². The zero-order valence-electron chi connectivity index (χ0n) is 6.32. The molecular formula is C8H8N2O2. The number of nitrogens with one attached hydrogen (secondary N) is 1. The smallest absolute Gasteiger partial charge is 0.137 e. The summed E-state index contributed by atoms with van der Waals surface area (Å²) >= 11 is 0. The van der Waals surface area contributed by atoms with Crippen molar-refractivity contribution in [3.63, 3.8) is 0 Å². The zero-order valence-corrected chi connectivity index (χ0v) is 6.32. The van der Waals surface area contributed by atoms with Gasteiger partial charge in [-0.25, -0.2) is 5.48 Å². The van der Waals surface area contributed by atoms with E-state index < -0.39 is 0 Å². The van der Waals surface area contributed by atoms with E-state index in [1.54, 1.807) is 24.7 Å². The van der Waals surface area contributed by atoms with Crippen LogP contribution in [-0.4, -0.2) is 10.2 Å². The highest BCUT2D eigenvalue weighted by Gasteiger charge is 2.03. The van der Waals surface area contributed by atoms with E-state index in [2.05, 4.69) is 10.5 Å². The van der Waals surface area contributed by atoms with Crippen molar-refractivity contribution in [3.05, 3.63) is 30.3 Å². The third-order valence-electron chi connectivity index (χ3n) is 1.72. The summed E-state index contributed by atoms with van der Waals surface area (Å²) in [7, 11) is 0. The molecule has 0 atom stereocenters. The van der Waals surface area contributed by atoms with Crippen molar-refractivity contribution in [2.45, 2.75) is 6.54 Å². The van der Waals surface area contributed by atoms with E-state index >= 15 is 0 Å². The van der Waals surface area contributed by atoms with Gasteiger partial charge < -0.3 is 9.62 Å². The zero-order chi connectivity index (χ0) is 8.39. The van der Waals surface area contributed by atoms with Crippen LogP contribution in [0.25, 0.3) is 11.0 Å². The van der Waals surface area contributed by atoms with Crippen LogP contribution in [0.3, 0.4) is 0 Å². The van der Waals surface area contributed by atoms with Crippen LogP contribution in [0.1, 0.15) is 5.56 Å². The van der Waals surface area contributed by atoms with Gasteiger partial charge in [-0.15, -0.1) is 0 Å². The lowest BCUT2D eigenvalue weighted by molar-refractivity contribution is 0.161. The summed E-state index contributed by atoms with van der Waals surface area (Å²) in [4.78, 5) is 3.96. The lowest BCUT2D eigenvalue weighted by Crippen LogP contribution is -2.05. The molecule has 0 unspecified atom stereocenters. The number of hydroxylamine groups is 1. The number of pyridine rings is 1. The molecule has 0 fully saturated rings. The number of aromatic nitrogens is 1. The minimum Gasteiger partial charge on any atom is -0.464 e. The fourth-order valence-electron chi connectivity index (χ4n) is 1.15. The van der Waals surface area contributed by atoms with Crippen molar-refractivity contribution < 1.29 is 9.62 Å². The van der Waals surface area contributed by atoms with Gasteiger partial charge in [-0.1, -0.05) is 0 Å². The Morgan fingerprint density at radius 3 is 3.33 bits per heavy atom. The molecule has 0 amide bonds. The Morgan fingerprint density at radius 2 is 2.50 bits per heavy atom. The summed E-state index contributed by atoms with van der Waals surface area (Å²) in [5.74, 6) is 0. The summed E-state index contributed by atoms with van der Waals surface area (Å²) < 4.78 is 5.21. The summed E-state index contributed by atoms with van der Waals surface area (Å²) in [6.07, 6.45) is 4.99. The standard InChI is InChI=1S/C8H8N2O2/c11-10-3-6-5-12-8-1-2-9-4-7(6)8/h1-2,4-5,10-11H,3H2. The molecule has 2 rings (SSSR count). The summed E-state index contributed by atoms with van der Waals surface area (Å²) in [6.45, 7) is 0.374. The van der Waals surface area contributed by atoms with Gasteiger partial charge in [0.15, 0.2) is 0 Å². The van der Waals surface area contributed by atoms with Crippen molar-refractivity contribution in [2.24, 2.45) is 0 Å². The molecule has 2 N–H and O–H groups in total. The molecule has 0 spiro atoms. The highest BCUT2D eigenvalue weighted by atomic mass is 16.5. The maximum atomic E-state index is 8.49. The molecular weight excluding hydrogens is 156 g/mol. The average molecular weight is 164 g/mol. The highest BCUT2D eigenvalue weighted by molar-refractivity contribution is 5.79. The first-order valence-electron chi connectivity index (χ1n) is 3.59. The van der Waals surface area contributed by atoms with Gasteiger partial charge in [0, 0.05) is 29.9 Å². The third kappa shape index (κ3) is 1.07. The summed E-state index contributed by atoms with van der Waals surface area (Å²) in [5, 5.41) is 9.42. The van der Waals surface area contributed by atoms with E-state index in [1.807, 2.05) is 0 Å². The maximum absolute atomic E-state index is 8.49. The van der Waals surface area contributed by atoms with Crippen molar-refractivity contribution in [2.75, 3.05) is 0 Å². The molecule has 0 aliphatic carbocycles. The predicted octanol–water partition coefficient (Wildman–Crippen LogP) is 1.31. The quantitative estimate of drug-likeness (QED) is 0.657. The SMILES string of the molecule is ONCc1coc2ccncc12. The Bertz CT molecular complexity index is 383. The fourth-order valence-corrected chi connectivity index (χ4v) is 1.15. The molecule has 0 saturated carbocycles. The minimum atomic E-state index is 0.374. The van der Waals surface area contributed by atoms with Crippen LogP contribution in [0.4, 0.5) is 0 Å². The van der Waals surface area contributed by atoms with Crippen LogP contribution in [0.2, 0.25) is 0 Å². The van der Waals surface area contributed by atoms with Gasteiger partial charge in [-0.05, 0) is 6.07 Å². The van der Waals surface area contributed by atoms with Crippen LogP contribution in [-0.2, 0) is 6.54 Å². The lowest BCUT2D eigenvalue weighted by atomic mass is 10.2. The van der Waals surface area contributed by atoms with E-state index in [1.165, 1.54) is 0 Å². The summed E-state index contributed by atoms with van der Waals surface area (Å²) in [5.41, 5.74) is 3.77. The minimum absolute atomic E-state index is 0.374. The second-order valence-corrected chi connectivity index (χ2v) is 2.47. The van der Waals surface area contributed by atoms with Crippen LogP contribution in [0.5, 0.6) is 0 Å². The van der Waals surface area contributed by atoms with Gasteiger partial charge >= 0.3 is 0 Å². The number of furan rings is 1. The second kappa shape index (κ2) is 2.92. The van der Waals surface area contributed by atoms with E-state index in [9.17, 15) is 0 Å². The van der Waals surface area contributed by atoms with Gasteiger partial charge in [-0.3, -0.25) is 4.98 Å². The molecule has 2 aromatic heterocycles. The summed E-state index contributed by atoms with van der Waals surface area (Å²) in [6, 6.07) is 1.79. The van der Waals surface area contributed by atoms with Crippen molar-refractivity contribution in [1.82, 2.24) is 10.5 Å². The fraction of sp³-hybridized carbons (Fsp3) is 0.125. The number of nitrogens with zero attached hydrogens (tertiary/aromatic N) is 1. The first kappa shape index (κ1) is 7.27. The van der Waals surface area contributed by atoms with E-state index in [-0.39, 0.29) is 0 Å². The molecule has 62 valence electrons. The van der Waals surface area contributed by atoms with Gasteiger partial charge in [0.05, 0.1) is 6.26 Å². The molecule has 0 radical (unpaired) electrons. The first-order chi connectivity index (χ1) is 5.92. The van der Waals surface area contributed by atoms with E-state index in [4.69, 9.17) is 9.62 Å². The second-order valence-electron chi connectivity index (χ2n) is 2.47. The molecule has 0 aliphatic rings. The lowest BCUT2D eigenvalue weighted by Gasteiger charge is -1.92. The number of rotatable bonds is 2. The Hall–Kier alpha value is -1.39. The normalized spacial score (nSPS) is 10.8. The Kier molecular flexibility index (Phi) is 1.77. The largest absolute Gasteiger partial charge is 0.464 e. The third-order valence-corrected chi connectivity index (χ3v) is 1.72. The monoisotopic (exact) mass is 164 g/mol. The van der Waals surface area contributed by atoms with Gasteiger partial charge in [0.1, 0.15) is 5.58 Å². The topological polar surface area (TPSA) is 58.3 Å². The molecule has 12 heavy (non-hydrogen) atoms. The van der Waals surface area contributed by atoms with Crippen LogP contribution >= 0.6 is 0 Å². The van der Waals surface area contributed by atoms with Gasteiger partial charge in [0.2, 0.25) is 0 Å². The molecule has 2 aromatic rings. The Morgan fingerprint density at radius 1 is 1.58 bits per heavy atom. The van der Waals surface area contributed by atoms with Crippen LogP contribution < -0.4 is 5.48 Å². The molecule has 4 nitrogen and oxygen atoms in total. The number of hydrogen-bond acceptors (Lipinski definition) is 4. The Labute approximate surface area is 68.8 Å². The number of hydrogen-bond donors (Lipinski definition) is 2. The molecule has 0 aromatic carbocycles. The molecule has 2 heterocycles. The first-order valence-corrected chi connectivity index (χ1v) is 3.59. The van der Waals surface area contributed by atoms with E-state index in [0.29, 0.717) is 6.54 Å². The van der Waals surface area contributed by atoms with Crippen molar-refractivity contribution in [1.29, 1.82) is 0 Å². The highest BCUT2D eigenvalue weighted by Crippen LogP contribution is 2.18. The average Bonchev–Trinajstić information content (AvgIpc) is 2.50. The van der Waals surface area contributed by atoms with Gasteiger partial charge in [-0.2, -0.15) is 0 Å². The molecule has 0 bridgehead atoms. The predicted molar refractivity (Wildman–Crippen MR) is 42.6 cm³/mol. The maximum Gasteiger partial charge on any atom is 0.137 e. The van der Waals surface area contributed by atoms with Crippen LogP contribution in [0, 0.1) is 0 Å². The Balaban J connectivity index is 2.55. The number of fused-ring (bicyclic) bond motifs is 1. The van der Waals surface area contributed by atoms with Crippen LogP contribution in [0.15, 0.2) is 29.1 Å². The van der Waals surface area contributed by atoms with Gasteiger partial charge in [0.25, 0.3) is 0 Å². The molecule has 4 heteroatoms. The van der Waals surface area contributed by atoms with Crippen molar-refractivity contribution >= 4 is 11.0 Å².